The van der Waals surface area contributed by atoms with Gasteiger partial charge in [-0.3, -0.25) is 9.48 Å². The Morgan fingerprint density at radius 3 is 2.74 bits per heavy atom. The van der Waals surface area contributed by atoms with Crippen molar-refractivity contribution in [2.45, 2.75) is 46.9 Å². The molecule has 1 aliphatic rings. The molecule has 4 rings (SSSR count). The third kappa shape index (κ3) is 4.26. The number of aryl methyl sites for hydroxylation is 3. The van der Waals surface area contributed by atoms with Gasteiger partial charge >= 0.3 is 0 Å². The molecule has 3 heterocycles. The van der Waals surface area contributed by atoms with Gasteiger partial charge in [0.2, 0.25) is 5.88 Å². The zero-order valence-electron chi connectivity index (χ0n) is 18.5. The Morgan fingerprint density at radius 1 is 1.19 bits per heavy atom. The van der Waals surface area contributed by atoms with Gasteiger partial charge in [0.15, 0.2) is 0 Å². The van der Waals surface area contributed by atoms with Crippen molar-refractivity contribution in [2.24, 2.45) is 0 Å². The lowest BCUT2D eigenvalue weighted by Crippen LogP contribution is -2.37. The van der Waals surface area contributed by atoms with Crippen molar-refractivity contribution < 1.29 is 14.3 Å². The molecular weight excluding hydrogens is 392 g/mol. The number of amides is 1. The van der Waals surface area contributed by atoms with Crippen LogP contribution in [-0.2, 0) is 26.1 Å². The van der Waals surface area contributed by atoms with E-state index in [2.05, 4.69) is 11.9 Å². The first-order valence-electron chi connectivity index (χ1n) is 10.6. The van der Waals surface area contributed by atoms with Crippen LogP contribution in [0.2, 0.25) is 0 Å². The van der Waals surface area contributed by atoms with Crippen molar-refractivity contribution in [3.63, 3.8) is 0 Å². The van der Waals surface area contributed by atoms with Crippen LogP contribution in [0.25, 0.3) is 0 Å². The molecule has 2 aromatic heterocycles. The van der Waals surface area contributed by atoms with Gasteiger partial charge in [-0.25, -0.2) is 4.98 Å². The number of fused-ring (bicyclic) bond motifs is 1. The van der Waals surface area contributed by atoms with E-state index in [1.807, 2.05) is 53.8 Å². The van der Waals surface area contributed by atoms with Crippen molar-refractivity contribution in [3.8, 4) is 11.6 Å². The molecule has 0 radical (unpaired) electrons. The summed E-state index contributed by atoms with van der Waals surface area (Å²) in [5.41, 5.74) is 5.85. The number of pyridine rings is 1. The van der Waals surface area contributed by atoms with E-state index in [0.29, 0.717) is 31.1 Å². The summed E-state index contributed by atoms with van der Waals surface area (Å²) in [7, 11) is 1.63. The van der Waals surface area contributed by atoms with Crippen molar-refractivity contribution in [1.82, 2.24) is 19.7 Å². The van der Waals surface area contributed by atoms with E-state index in [1.54, 1.807) is 13.3 Å². The van der Waals surface area contributed by atoms with Crippen LogP contribution in [0.5, 0.6) is 11.6 Å². The first-order valence-corrected chi connectivity index (χ1v) is 10.6. The summed E-state index contributed by atoms with van der Waals surface area (Å²) in [6, 6.07) is 9.41. The minimum absolute atomic E-state index is 0.0299. The number of benzene rings is 1. The van der Waals surface area contributed by atoms with Gasteiger partial charge in [-0.1, -0.05) is 0 Å². The fourth-order valence-corrected chi connectivity index (χ4v) is 4.02. The minimum Gasteiger partial charge on any atom is -0.497 e. The van der Waals surface area contributed by atoms with Gasteiger partial charge in [-0.05, 0) is 56.2 Å². The number of nitrogens with zero attached hydrogens (tertiary/aromatic N) is 4. The third-order valence-corrected chi connectivity index (χ3v) is 5.72. The van der Waals surface area contributed by atoms with Gasteiger partial charge in [-0.2, -0.15) is 5.10 Å². The fourth-order valence-electron chi connectivity index (χ4n) is 4.02. The average molecular weight is 421 g/mol. The topological polar surface area (TPSA) is 69.5 Å². The van der Waals surface area contributed by atoms with Crippen LogP contribution in [0.15, 0.2) is 36.5 Å². The maximum absolute atomic E-state index is 13.3. The molecule has 0 N–H and O–H groups in total. The summed E-state index contributed by atoms with van der Waals surface area (Å²) in [5, 5.41) is 4.76. The largest absolute Gasteiger partial charge is 0.497 e. The maximum atomic E-state index is 13.3. The molecule has 0 atom stereocenters. The quantitative estimate of drug-likeness (QED) is 0.608. The first-order chi connectivity index (χ1) is 15.0. The average Bonchev–Trinajstić information content (AvgIpc) is 3.14. The highest BCUT2D eigenvalue weighted by Gasteiger charge is 2.28. The Bertz CT molecular complexity index is 1110. The van der Waals surface area contributed by atoms with Crippen molar-refractivity contribution in [3.05, 3.63) is 70.2 Å². The van der Waals surface area contributed by atoms with E-state index < -0.39 is 0 Å². The van der Waals surface area contributed by atoms with Crippen molar-refractivity contribution in [2.75, 3.05) is 13.7 Å². The molecule has 31 heavy (non-hydrogen) atoms. The van der Waals surface area contributed by atoms with Crippen LogP contribution < -0.4 is 9.47 Å². The summed E-state index contributed by atoms with van der Waals surface area (Å²) < 4.78 is 13.2. The van der Waals surface area contributed by atoms with Gasteiger partial charge in [0.05, 0.1) is 7.11 Å². The van der Waals surface area contributed by atoms with E-state index in [1.165, 1.54) is 5.69 Å². The monoisotopic (exact) mass is 420 g/mol. The van der Waals surface area contributed by atoms with Crippen LogP contribution in [0.3, 0.4) is 0 Å². The minimum atomic E-state index is 0.0299. The Labute approximate surface area is 182 Å². The summed E-state index contributed by atoms with van der Waals surface area (Å²) in [4.78, 5) is 19.4. The zero-order valence-corrected chi connectivity index (χ0v) is 18.5. The molecule has 0 saturated heterocycles. The molecule has 0 saturated carbocycles. The number of hydrogen-bond donors (Lipinski definition) is 0. The van der Waals surface area contributed by atoms with Gasteiger partial charge in [0.1, 0.15) is 18.1 Å². The second-order valence-corrected chi connectivity index (χ2v) is 7.81. The molecule has 0 unspecified atom stereocenters. The molecule has 0 aliphatic carbocycles. The molecule has 7 nitrogen and oxygen atoms in total. The number of methoxy groups -OCH3 is 1. The number of aromatic nitrogens is 3. The molecule has 1 aromatic carbocycles. The van der Waals surface area contributed by atoms with Gasteiger partial charge in [0.25, 0.3) is 5.91 Å². The lowest BCUT2D eigenvalue weighted by molar-refractivity contribution is 0.0731. The normalized spacial score (nSPS) is 13.1. The van der Waals surface area contributed by atoms with Gasteiger partial charge in [0, 0.05) is 55.1 Å². The molecule has 1 amide bonds. The number of hydrogen-bond acceptors (Lipinski definition) is 5. The maximum Gasteiger partial charge on any atom is 0.254 e. The van der Waals surface area contributed by atoms with Crippen LogP contribution in [0, 0.1) is 13.8 Å². The highest BCUT2D eigenvalue weighted by atomic mass is 16.5. The molecular formula is C24H28N4O3. The molecule has 1 aliphatic heterocycles. The molecule has 0 bridgehead atoms. The summed E-state index contributed by atoms with van der Waals surface area (Å²) >= 11 is 0. The number of carbonyl (C=O) groups excluding carboxylic acids is 1. The zero-order chi connectivity index (χ0) is 22.0. The summed E-state index contributed by atoms with van der Waals surface area (Å²) in [6.45, 7) is 8.34. The molecule has 162 valence electrons. The SMILES string of the molecule is CCn1nc(COc2cc(C)ccn2)c2c1CCN(C(=O)c1ccc(OC)cc1C)C2. The predicted molar refractivity (Wildman–Crippen MR) is 117 cm³/mol. The Balaban J connectivity index is 1.56. The van der Waals surface area contributed by atoms with Crippen molar-refractivity contribution in [1.29, 1.82) is 0 Å². The Morgan fingerprint density at radius 2 is 2.03 bits per heavy atom. The van der Waals surface area contributed by atoms with E-state index in [9.17, 15) is 4.79 Å². The van der Waals surface area contributed by atoms with Crippen LogP contribution in [0.1, 0.15) is 45.4 Å². The van der Waals surface area contributed by atoms with Crippen LogP contribution in [0.4, 0.5) is 0 Å². The predicted octanol–water partition coefficient (Wildman–Crippen LogP) is 3.70. The van der Waals surface area contributed by atoms with E-state index in [-0.39, 0.29) is 5.91 Å². The molecule has 0 spiro atoms. The van der Waals surface area contributed by atoms with E-state index >= 15 is 0 Å². The fraction of sp³-hybridized carbons (Fsp3) is 0.375. The Kier molecular flexibility index (Phi) is 5.93. The standard InChI is InChI=1S/C24H28N4O3/c1-5-28-22-9-11-27(24(29)19-7-6-18(30-4)13-17(19)3)14-20(22)21(26-28)15-31-23-12-16(2)8-10-25-23/h6-8,10,12-13H,5,9,11,14-15H2,1-4H3. The number of carbonyl (C=O) groups is 1. The summed E-state index contributed by atoms with van der Waals surface area (Å²) in [6.07, 6.45) is 2.52. The van der Waals surface area contributed by atoms with Gasteiger partial charge < -0.3 is 14.4 Å². The van der Waals surface area contributed by atoms with Crippen LogP contribution >= 0.6 is 0 Å². The summed E-state index contributed by atoms with van der Waals surface area (Å²) in [5.74, 6) is 1.36. The number of ether oxygens (including phenoxy) is 2. The highest BCUT2D eigenvalue weighted by Crippen LogP contribution is 2.26. The van der Waals surface area contributed by atoms with Crippen molar-refractivity contribution >= 4 is 5.91 Å². The Hall–Kier alpha value is -3.35. The molecule has 7 heteroatoms. The van der Waals surface area contributed by atoms with Crippen LogP contribution in [-0.4, -0.2) is 39.2 Å². The second-order valence-electron chi connectivity index (χ2n) is 7.81. The van der Waals surface area contributed by atoms with E-state index in [4.69, 9.17) is 14.6 Å². The highest BCUT2D eigenvalue weighted by molar-refractivity contribution is 5.96. The smallest absolute Gasteiger partial charge is 0.254 e. The third-order valence-electron chi connectivity index (χ3n) is 5.72. The van der Waals surface area contributed by atoms with E-state index in [0.717, 1.165) is 41.1 Å². The molecule has 3 aromatic rings. The number of rotatable bonds is 6. The van der Waals surface area contributed by atoms with Gasteiger partial charge in [-0.15, -0.1) is 0 Å². The lowest BCUT2D eigenvalue weighted by atomic mass is 10.0. The first kappa shape index (κ1) is 20.9. The molecule has 0 fully saturated rings. The lowest BCUT2D eigenvalue weighted by Gasteiger charge is -2.28. The second kappa shape index (κ2) is 8.79.